The van der Waals surface area contributed by atoms with Gasteiger partial charge in [-0.2, -0.15) is 0 Å². The van der Waals surface area contributed by atoms with Crippen LogP contribution in [-0.2, 0) is 14.3 Å². The van der Waals surface area contributed by atoms with Crippen LogP contribution in [0.15, 0.2) is 53.0 Å². The zero-order chi connectivity index (χ0) is 21.1. The zero-order valence-corrected chi connectivity index (χ0v) is 17.4. The second-order valence-corrected chi connectivity index (χ2v) is 7.57. The number of benzene rings is 2. The SMILES string of the molecule is CC(NC(=O)COC(=O)C(C)N1C(=O)c2ccccc2C1=O)c1ccc(Br)cc1. The van der Waals surface area contributed by atoms with Gasteiger partial charge in [-0.3, -0.25) is 19.3 Å². The lowest BCUT2D eigenvalue weighted by Gasteiger charge is -2.21. The summed E-state index contributed by atoms with van der Waals surface area (Å²) in [5.41, 5.74) is 1.39. The summed E-state index contributed by atoms with van der Waals surface area (Å²) in [6, 6.07) is 12.4. The fraction of sp³-hybridized carbons (Fsp3) is 0.238. The average Bonchev–Trinajstić information content (AvgIpc) is 2.96. The Bertz CT molecular complexity index is 938. The van der Waals surface area contributed by atoms with E-state index in [1.165, 1.54) is 19.1 Å². The molecular weight excluding hydrogens is 440 g/mol. The summed E-state index contributed by atoms with van der Waals surface area (Å²) >= 11 is 3.35. The van der Waals surface area contributed by atoms with E-state index in [0.29, 0.717) is 0 Å². The van der Waals surface area contributed by atoms with Crippen molar-refractivity contribution in [1.29, 1.82) is 0 Å². The Morgan fingerprint density at radius 2 is 1.55 bits per heavy atom. The number of carbonyl (C=O) groups excluding carboxylic acids is 4. The van der Waals surface area contributed by atoms with Crippen LogP contribution in [0, 0.1) is 0 Å². The minimum Gasteiger partial charge on any atom is -0.454 e. The van der Waals surface area contributed by atoms with E-state index in [9.17, 15) is 19.2 Å². The van der Waals surface area contributed by atoms with Gasteiger partial charge in [0.15, 0.2) is 6.61 Å². The number of amides is 3. The van der Waals surface area contributed by atoms with E-state index in [0.717, 1.165) is 14.9 Å². The summed E-state index contributed by atoms with van der Waals surface area (Å²) in [4.78, 5) is 50.1. The highest BCUT2D eigenvalue weighted by Crippen LogP contribution is 2.24. The third-order valence-electron chi connectivity index (χ3n) is 4.65. The zero-order valence-electron chi connectivity index (χ0n) is 15.8. The van der Waals surface area contributed by atoms with Crippen molar-refractivity contribution in [3.8, 4) is 0 Å². The van der Waals surface area contributed by atoms with E-state index in [2.05, 4.69) is 21.2 Å². The Morgan fingerprint density at radius 3 is 2.10 bits per heavy atom. The fourth-order valence-corrected chi connectivity index (χ4v) is 3.30. The van der Waals surface area contributed by atoms with Gasteiger partial charge in [0.05, 0.1) is 17.2 Å². The van der Waals surface area contributed by atoms with Gasteiger partial charge in [0, 0.05) is 4.47 Å². The summed E-state index contributed by atoms with van der Waals surface area (Å²) in [6.07, 6.45) is 0. The third-order valence-corrected chi connectivity index (χ3v) is 5.18. The van der Waals surface area contributed by atoms with Gasteiger partial charge in [0.2, 0.25) is 0 Å². The quantitative estimate of drug-likeness (QED) is 0.530. The molecule has 2 atom stereocenters. The maximum absolute atomic E-state index is 12.4. The van der Waals surface area contributed by atoms with Crippen molar-refractivity contribution in [2.75, 3.05) is 6.61 Å². The number of nitrogens with zero attached hydrogens (tertiary/aromatic N) is 1. The Kier molecular flexibility index (Phi) is 6.12. The van der Waals surface area contributed by atoms with Crippen LogP contribution in [0.1, 0.15) is 46.2 Å². The monoisotopic (exact) mass is 458 g/mol. The van der Waals surface area contributed by atoms with Crippen LogP contribution in [0.3, 0.4) is 0 Å². The lowest BCUT2D eigenvalue weighted by Crippen LogP contribution is -2.44. The molecule has 0 spiro atoms. The number of fused-ring (bicyclic) bond motifs is 1. The minimum absolute atomic E-state index is 0.248. The van der Waals surface area contributed by atoms with Crippen molar-refractivity contribution in [2.45, 2.75) is 25.9 Å². The van der Waals surface area contributed by atoms with Gasteiger partial charge in [-0.15, -0.1) is 0 Å². The van der Waals surface area contributed by atoms with Crippen LogP contribution in [-0.4, -0.2) is 41.2 Å². The molecule has 1 aliphatic rings. The van der Waals surface area contributed by atoms with E-state index in [-0.39, 0.29) is 17.2 Å². The van der Waals surface area contributed by atoms with E-state index < -0.39 is 36.3 Å². The van der Waals surface area contributed by atoms with Gasteiger partial charge < -0.3 is 10.1 Å². The number of rotatable bonds is 6. The number of ether oxygens (including phenoxy) is 1. The molecule has 0 fully saturated rings. The van der Waals surface area contributed by atoms with Gasteiger partial charge in [0.1, 0.15) is 6.04 Å². The van der Waals surface area contributed by atoms with Crippen molar-refractivity contribution in [3.63, 3.8) is 0 Å². The molecule has 3 amide bonds. The van der Waals surface area contributed by atoms with Gasteiger partial charge >= 0.3 is 5.97 Å². The average molecular weight is 459 g/mol. The Morgan fingerprint density at radius 1 is 1.00 bits per heavy atom. The predicted octanol–water partition coefficient (Wildman–Crippen LogP) is 2.85. The first kappa shape index (κ1) is 20.7. The predicted molar refractivity (Wildman–Crippen MR) is 108 cm³/mol. The van der Waals surface area contributed by atoms with Crippen LogP contribution in [0.4, 0.5) is 0 Å². The summed E-state index contributed by atoms with van der Waals surface area (Å²) in [6.45, 7) is 2.70. The third kappa shape index (κ3) is 4.37. The molecule has 1 N–H and O–H groups in total. The number of esters is 1. The molecule has 1 aliphatic heterocycles. The van der Waals surface area contributed by atoms with Crippen LogP contribution >= 0.6 is 15.9 Å². The van der Waals surface area contributed by atoms with E-state index in [1.54, 1.807) is 12.1 Å². The van der Waals surface area contributed by atoms with E-state index in [4.69, 9.17) is 4.74 Å². The highest BCUT2D eigenvalue weighted by atomic mass is 79.9. The van der Waals surface area contributed by atoms with E-state index >= 15 is 0 Å². The highest BCUT2D eigenvalue weighted by Gasteiger charge is 2.41. The fourth-order valence-electron chi connectivity index (χ4n) is 3.04. The standard InChI is InChI=1S/C21H19BrN2O5/c1-12(14-7-9-15(22)10-8-14)23-18(25)11-29-21(28)13(2)24-19(26)16-5-3-4-6-17(16)20(24)27/h3-10,12-13H,11H2,1-2H3,(H,23,25). The maximum Gasteiger partial charge on any atom is 0.329 e. The molecule has 8 heteroatoms. The van der Waals surface area contributed by atoms with Crippen molar-refractivity contribution in [3.05, 3.63) is 69.7 Å². The summed E-state index contributed by atoms with van der Waals surface area (Å²) in [5, 5.41) is 2.73. The number of hydrogen-bond acceptors (Lipinski definition) is 5. The van der Waals surface area contributed by atoms with Gasteiger partial charge in [-0.1, -0.05) is 40.2 Å². The normalized spacial score (nSPS) is 14.9. The number of nitrogens with one attached hydrogen (secondary N) is 1. The summed E-state index contributed by atoms with van der Waals surface area (Å²) < 4.78 is 5.95. The Balaban J connectivity index is 1.55. The van der Waals surface area contributed by atoms with Crippen LogP contribution in [0.25, 0.3) is 0 Å². The van der Waals surface area contributed by atoms with Crippen LogP contribution < -0.4 is 5.32 Å². The van der Waals surface area contributed by atoms with Crippen molar-refractivity contribution in [1.82, 2.24) is 10.2 Å². The molecule has 7 nitrogen and oxygen atoms in total. The summed E-state index contributed by atoms with van der Waals surface area (Å²) in [7, 11) is 0. The Labute approximate surface area is 176 Å². The lowest BCUT2D eigenvalue weighted by atomic mass is 10.1. The van der Waals surface area contributed by atoms with Gasteiger partial charge in [-0.25, -0.2) is 4.79 Å². The second-order valence-electron chi connectivity index (χ2n) is 6.65. The first-order valence-electron chi connectivity index (χ1n) is 8.98. The molecule has 3 rings (SSSR count). The second kappa shape index (κ2) is 8.57. The highest BCUT2D eigenvalue weighted by molar-refractivity contribution is 9.10. The molecule has 0 saturated heterocycles. The van der Waals surface area contributed by atoms with Crippen LogP contribution in [0.5, 0.6) is 0 Å². The molecule has 2 unspecified atom stereocenters. The molecule has 2 aromatic rings. The molecule has 0 aliphatic carbocycles. The molecule has 150 valence electrons. The Hall–Kier alpha value is -3.00. The lowest BCUT2D eigenvalue weighted by molar-refractivity contribution is -0.152. The largest absolute Gasteiger partial charge is 0.454 e. The molecule has 0 saturated carbocycles. The number of halogens is 1. The van der Waals surface area contributed by atoms with E-state index in [1.807, 2.05) is 31.2 Å². The molecule has 0 aromatic heterocycles. The van der Waals surface area contributed by atoms with Crippen molar-refractivity contribution < 1.29 is 23.9 Å². The molecular formula is C21H19BrN2O5. The maximum atomic E-state index is 12.4. The van der Waals surface area contributed by atoms with Crippen molar-refractivity contribution in [2.24, 2.45) is 0 Å². The van der Waals surface area contributed by atoms with Crippen molar-refractivity contribution >= 4 is 39.6 Å². The van der Waals surface area contributed by atoms with Gasteiger partial charge in [-0.05, 0) is 43.7 Å². The number of hydrogen-bond donors (Lipinski definition) is 1. The van der Waals surface area contributed by atoms with Gasteiger partial charge in [0.25, 0.3) is 17.7 Å². The first-order chi connectivity index (χ1) is 13.8. The van der Waals surface area contributed by atoms with Crippen LogP contribution in [0.2, 0.25) is 0 Å². The summed E-state index contributed by atoms with van der Waals surface area (Å²) in [5.74, 6) is -2.42. The first-order valence-corrected chi connectivity index (χ1v) is 9.77. The molecule has 0 bridgehead atoms. The number of imide groups is 1. The molecule has 2 aromatic carbocycles. The molecule has 1 heterocycles. The topological polar surface area (TPSA) is 92.8 Å². The molecule has 0 radical (unpaired) electrons. The minimum atomic E-state index is -1.14. The number of carbonyl (C=O) groups is 4. The molecule has 29 heavy (non-hydrogen) atoms. The smallest absolute Gasteiger partial charge is 0.329 e.